The number of hydrogen-bond acceptors (Lipinski definition) is 5. The summed E-state index contributed by atoms with van der Waals surface area (Å²) in [5.74, 6) is 0.841. The Bertz CT molecular complexity index is 871. The molecule has 1 fully saturated rings. The van der Waals surface area contributed by atoms with Gasteiger partial charge in [-0.3, -0.25) is 9.59 Å². The first-order valence-corrected chi connectivity index (χ1v) is 11.0. The Morgan fingerprint density at radius 2 is 2.00 bits per heavy atom. The molecular weight excluding hydrogens is 388 g/mol. The number of anilines is 1. The molecule has 1 aliphatic carbocycles. The highest BCUT2D eigenvalue weighted by atomic mass is 32.1. The van der Waals surface area contributed by atoms with E-state index in [0.717, 1.165) is 34.7 Å². The Morgan fingerprint density at radius 1 is 1.24 bits per heavy atom. The number of carbonyl (C=O) groups is 2. The van der Waals surface area contributed by atoms with Crippen molar-refractivity contribution < 1.29 is 19.1 Å². The molecule has 1 N–H and O–H groups in total. The van der Waals surface area contributed by atoms with Crippen molar-refractivity contribution >= 4 is 28.8 Å². The molecule has 7 heteroatoms. The molecule has 0 bridgehead atoms. The van der Waals surface area contributed by atoms with Crippen LogP contribution in [0.2, 0.25) is 0 Å². The largest absolute Gasteiger partial charge is 0.494 e. The van der Waals surface area contributed by atoms with Crippen LogP contribution < -0.4 is 10.1 Å². The lowest BCUT2D eigenvalue weighted by atomic mass is 9.87. The summed E-state index contributed by atoms with van der Waals surface area (Å²) in [5, 5.41) is 3.01. The first kappa shape index (κ1) is 19.9. The SMILES string of the molecule is CCOc1ccc(NC(=O)[C@@H]2CCc3sc(C(=O)N4CCOCC4)cc3C2)cc1. The molecule has 2 aromatic rings. The minimum Gasteiger partial charge on any atom is -0.494 e. The molecule has 6 nitrogen and oxygen atoms in total. The zero-order valence-electron chi connectivity index (χ0n) is 16.6. The van der Waals surface area contributed by atoms with E-state index in [9.17, 15) is 9.59 Å². The van der Waals surface area contributed by atoms with Gasteiger partial charge in [-0.2, -0.15) is 0 Å². The fourth-order valence-electron chi connectivity index (χ4n) is 3.82. The number of fused-ring (bicyclic) bond motifs is 1. The second kappa shape index (κ2) is 8.97. The Labute approximate surface area is 174 Å². The van der Waals surface area contributed by atoms with Gasteiger partial charge in [-0.05, 0) is 62.1 Å². The average Bonchev–Trinajstić information content (AvgIpc) is 3.19. The number of hydrogen-bond donors (Lipinski definition) is 1. The molecule has 2 heterocycles. The molecule has 0 saturated carbocycles. The smallest absolute Gasteiger partial charge is 0.264 e. The highest BCUT2D eigenvalue weighted by Crippen LogP contribution is 2.33. The number of morpholine rings is 1. The minimum atomic E-state index is -0.0741. The van der Waals surface area contributed by atoms with Gasteiger partial charge in [0.1, 0.15) is 5.75 Å². The van der Waals surface area contributed by atoms with E-state index in [4.69, 9.17) is 9.47 Å². The fraction of sp³-hybridized carbons (Fsp3) is 0.455. The molecule has 2 amide bonds. The van der Waals surface area contributed by atoms with Crippen molar-refractivity contribution in [3.63, 3.8) is 0 Å². The van der Waals surface area contributed by atoms with Gasteiger partial charge in [0.15, 0.2) is 0 Å². The predicted molar refractivity (Wildman–Crippen MR) is 113 cm³/mol. The van der Waals surface area contributed by atoms with Crippen LogP contribution in [0.3, 0.4) is 0 Å². The summed E-state index contributed by atoms with van der Waals surface area (Å²) in [4.78, 5) is 29.4. The third kappa shape index (κ3) is 4.62. The van der Waals surface area contributed by atoms with E-state index in [2.05, 4.69) is 5.32 Å². The van der Waals surface area contributed by atoms with Crippen molar-refractivity contribution in [2.24, 2.45) is 5.92 Å². The Morgan fingerprint density at radius 3 is 2.72 bits per heavy atom. The number of nitrogens with one attached hydrogen (secondary N) is 1. The summed E-state index contributed by atoms with van der Waals surface area (Å²) in [7, 11) is 0. The predicted octanol–water partition coefficient (Wildman–Crippen LogP) is 3.36. The number of benzene rings is 1. The van der Waals surface area contributed by atoms with E-state index >= 15 is 0 Å². The Hall–Kier alpha value is -2.38. The van der Waals surface area contributed by atoms with Gasteiger partial charge in [0, 0.05) is 29.6 Å². The maximum absolute atomic E-state index is 12.7. The van der Waals surface area contributed by atoms with Crippen molar-refractivity contribution in [1.29, 1.82) is 0 Å². The Balaban J connectivity index is 1.38. The molecule has 1 saturated heterocycles. The molecule has 154 valence electrons. The lowest BCUT2D eigenvalue weighted by Crippen LogP contribution is -2.40. The van der Waals surface area contributed by atoms with Gasteiger partial charge in [-0.25, -0.2) is 0 Å². The second-order valence-corrected chi connectivity index (χ2v) is 8.49. The van der Waals surface area contributed by atoms with Crippen LogP contribution in [0.15, 0.2) is 30.3 Å². The summed E-state index contributed by atoms with van der Waals surface area (Å²) in [6.07, 6.45) is 2.34. The molecule has 29 heavy (non-hydrogen) atoms. The number of nitrogens with zero attached hydrogens (tertiary/aromatic N) is 1. The summed E-state index contributed by atoms with van der Waals surface area (Å²) < 4.78 is 10.8. The lowest BCUT2D eigenvalue weighted by molar-refractivity contribution is -0.120. The van der Waals surface area contributed by atoms with Crippen LogP contribution in [-0.2, 0) is 22.4 Å². The van der Waals surface area contributed by atoms with Crippen molar-refractivity contribution in [2.75, 3.05) is 38.2 Å². The van der Waals surface area contributed by atoms with E-state index < -0.39 is 0 Å². The van der Waals surface area contributed by atoms with Gasteiger partial charge in [0.05, 0.1) is 24.7 Å². The number of aryl methyl sites for hydroxylation is 1. The van der Waals surface area contributed by atoms with E-state index in [1.54, 1.807) is 11.3 Å². The molecule has 4 rings (SSSR count). The maximum Gasteiger partial charge on any atom is 0.264 e. The monoisotopic (exact) mass is 414 g/mol. The van der Waals surface area contributed by atoms with Gasteiger partial charge < -0.3 is 19.7 Å². The van der Waals surface area contributed by atoms with Crippen LogP contribution in [-0.4, -0.2) is 49.6 Å². The van der Waals surface area contributed by atoms with Crippen LogP contribution in [0, 0.1) is 5.92 Å². The average molecular weight is 415 g/mol. The van der Waals surface area contributed by atoms with Crippen molar-refractivity contribution in [3.05, 3.63) is 45.6 Å². The van der Waals surface area contributed by atoms with Crippen LogP contribution in [0.4, 0.5) is 5.69 Å². The topological polar surface area (TPSA) is 67.9 Å². The highest BCUT2D eigenvalue weighted by Gasteiger charge is 2.29. The molecule has 1 aliphatic heterocycles. The first-order chi connectivity index (χ1) is 14.1. The number of carbonyl (C=O) groups excluding carboxylic acids is 2. The number of rotatable bonds is 5. The molecule has 1 aromatic heterocycles. The van der Waals surface area contributed by atoms with E-state index in [1.807, 2.05) is 42.2 Å². The van der Waals surface area contributed by atoms with E-state index in [1.165, 1.54) is 4.88 Å². The molecule has 0 unspecified atom stereocenters. The zero-order valence-corrected chi connectivity index (χ0v) is 17.4. The summed E-state index contributed by atoms with van der Waals surface area (Å²) in [6.45, 7) is 5.06. The van der Waals surface area contributed by atoms with Crippen LogP contribution in [0.5, 0.6) is 5.75 Å². The standard InChI is InChI=1S/C22H26N2O4S/c1-2-28-18-6-4-17(5-7-18)23-21(25)15-3-8-19-16(13-15)14-20(29-19)22(26)24-9-11-27-12-10-24/h4-7,14-15H,2-3,8-13H2,1H3,(H,23,25)/t15-/m1/s1. The van der Waals surface area contributed by atoms with E-state index in [-0.39, 0.29) is 17.7 Å². The first-order valence-electron chi connectivity index (χ1n) is 10.2. The quantitative estimate of drug-likeness (QED) is 0.815. The van der Waals surface area contributed by atoms with Crippen LogP contribution in [0.25, 0.3) is 0 Å². The lowest BCUT2D eigenvalue weighted by Gasteiger charge is -2.26. The summed E-state index contributed by atoms with van der Waals surface area (Å²) in [6, 6.07) is 9.44. The highest BCUT2D eigenvalue weighted by molar-refractivity contribution is 7.14. The van der Waals surface area contributed by atoms with Gasteiger partial charge in [0.2, 0.25) is 5.91 Å². The summed E-state index contributed by atoms with van der Waals surface area (Å²) >= 11 is 1.58. The third-order valence-corrected chi connectivity index (χ3v) is 6.62. The maximum atomic E-state index is 12.7. The fourth-order valence-corrected chi connectivity index (χ4v) is 5.00. The molecule has 1 aromatic carbocycles. The van der Waals surface area contributed by atoms with Crippen molar-refractivity contribution in [2.45, 2.75) is 26.2 Å². The zero-order chi connectivity index (χ0) is 20.2. The van der Waals surface area contributed by atoms with Crippen LogP contribution >= 0.6 is 11.3 Å². The Kier molecular flexibility index (Phi) is 6.16. The number of amides is 2. The molecule has 1 atom stereocenters. The minimum absolute atomic E-state index is 0.0343. The summed E-state index contributed by atoms with van der Waals surface area (Å²) in [5.41, 5.74) is 1.92. The number of ether oxygens (including phenoxy) is 2. The van der Waals surface area contributed by atoms with Gasteiger partial charge in [-0.1, -0.05) is 0 Å². The van der Waals surface area contributed by atoms with Crippen molar-refractivity contribution in [1.82, 2.24) is 4.90 Å². The second-order valence-electron chi connectivity index (χ2n) is 7.35. The molecule has 2 aliphatic rings. The normalized spacial score (nSPS) is 18.8. The van der Waals surface area contributed by atoms with Crippen LogP contribution in [0.1, 0.15) is 33.5 Å². The third-order valence-electron chi connectivity index (χ3n) is 5.40. The van der Waals surface area contributed by atoms with Crippen molar-refractivity contribution in [3.8, 4) is 5.75 Å². The van der Waals surface area contributed by atoms with E-state index in [0.29, 0.717) is 39.3 Å². The van der Waals surface area contributed by atoms with Gasteiger partial charge in [-0.15, -0.1) is 11.3 Å². The van der Waals surface area contributed by atoms with Gasteiger partial charge >= 0.3 is 0 Å². The molecular formula is C22H26N2O4S. The molecule has 0 spiro atoms. The van der Waals surface area contributed by atoms with Gasteiger partial charge in [0.25, 0.3) is 5.91 Å². The number of thiophene rings is 1. The molecule has 0 radical (unpaired) electrons.